The van der Waals surface area contributed by atoms with E-state index in [4.69, 9.17) is 4.74 Å². The molecule has 24 heavy (non-hydrogen) atoms. The maximum Gasteiger partial charge on any atom is 0.417 e. The molecule has 9 heteroatoms. The number of pyridine rings is 1. The molecule has 1 aromatic rings. The van der Waals surface area contributed by atoms with Gasteiger partial charge in [-0.05, 0) is 31.7 Å². The summed E-state index contributed by atoms with van der Waals surface area (Å²) in [4.78, 5) is 26.1. The number of carbonyl (C=O) groups excluding carboxylic acids is 2. The van der Waals surface area contributed by atoms with E-state index in [1.807, 2.05) is 0 Å². The Bertz CT molecular complexity index is 581. The van der Waals surface area contributed by atoms with Crippen LogP contribution in [-0.2, 0) is 20.5 Å². The third-order valence-electron chi connectivity index (χ3n) is 3.73. The van der Waals surface area contributed by atoms with E-state index in [-0.39, 0.29) is 18.0 Å². The third-order valence-corrected chi connectivity index (χ3v) is 3.73. The number of aromatic nitrogens is 1. The van der Waals surface area contributed by atoms with Crippen molar-refractivity contribution in [3.05, 3.63) is 23.9 Å². The number of esters is 1. The van der Waals surface area contributed by atoms with E-state index >= 15 is 0 Å². The summed E-state index contributed by atoms with van der Waals surface area (Å²) < 4.78 is 47.3. The van der Waals surface area contributed by atoms with Crippen molar-refractivity contribution in [2.45, 2.75) is 44.0 Å². The van der Waals surface area contributed by atoms with Crippen LogP contribution in [-0.4, -0.2) is 36.1 Å². The highest BCUT2D eigenvalue weighted by Gasteiger charge is 2.31. The average molecular weight is 346 g/mol. The van der Waals surface area contributed by atoms with Crippen LogP contribution in [0.25, 0.3) is 0 Å². The molecule has 1 N–H and O–H groups in total. The van der Waals surface area contributed by atoms with Gasteiger partial charge in [-0.2, -0.15) is 13.2 Å². The highest BCUT2D eigenvalue weighted by atomic mass is 19.4. The predicted octanol–water partition coefficient (Wildman–Crippen LogP) is 2.08. The second-order valence-electron chi connectivity index (χ2n) is 5.44. The second-order valence-corrected chi connectivity index (χ2v) is 5.44. The van der Waals surface area contributed by atoms with E-state index in [2.05, 4.69) is 15.0 Å². The molecule has 1 amide bonds. The number of nitrogens with one attached hydrogen (secondary N) is 1. The lowest BCUT2D eigenvalue weighted by molar-refractivity contribution is -0.153. The van der Waals surface area contributed by atoms with Crippen molar-refractivity contribution >= 4 is 11.9 Å². The van der Waals surface area contributed by atoms with Crippen molar-refractivity contribution in [1.29, 1.82) is 0 Å². The van der Waals surface area contributed by atoms with Gasteiger partial charge < -0.3 is 14.8 Å². The smallest absolute Gasteiger partial charge is 0.417 e. The van der Waals surface area contributed by atoms with Crippen molar-refractivity contribution in [1.82, 2.24) is 10.3 Å². The summed E-state index contributed by atoms with van der Waals surface area (Å²) in [6, 6.07) is 1.95. The summed E-state index contributed by atoms with van der Waals surface area (Å²) in [5.41, 5.74) is -0.830. The van der Waals surface area contributed by atoms with Crippen LogP contribution < -0.4 is 10.1 Å². The topological polar surface area (TPSA) is 77.5 Å². The highest BCUT2D eigenvalue weighted by Crippen LogP contribution is 2.30. The van der Waals surface area contributed by atoms with Crippen molar-refractivity contribution in [2.24, 2.45) is 0 Å². The number of carbonyl (C=O) groups is 2. The van der Waals surface area contributed by atoms with E-state index in [9.17, 15) is 22.8 Å². The van der Waals surface area contributed by atoms with Crippen LogP contribution in [0.5, 0.6) is 5.88 Å². The van der Waals surface area contributed by atoms with Gasteiger partial charge in [0.15, 0.2) is 0 Å². The Morgan fingerprint density at radius 1 is 1.21 bits per heavy atom. The summed E-state index contributed by atoms with van der Waals surface area (Å²) >= 11 is 0. The molecular formula is C15H17F3N2O4. The van der Waals surface area contributed by atoms with Crippen molar-refractivity contribution in [3.8, 4) is 5.88 Å². The largest absolute Gasteiger partial charge is 0.474 e. The first-order valence-electron chi connectivity index (χ1n) is 7.38. The molecule has 132 valence electrons. The monoisotopic (exact) mass is 346 g/mol. The Kier molecular flexibility index (Phi) is 5.63. The Balaban J connectivity index is 1.81. The van der Waals surface area contributed by atoms with Gasteiger partial charge in [0.25, 0.3) is 0 Å². The minimum absolute atomic E-state index is 0.130. The molecule has 0 atom stereocenters. The van der Waals surface area contributed by atoms with E-state index in [1.165, 1.54) is 6.07 Å². The maximum atomic E-state index is 12.5. The van der Waals surface area contributed by atoms with Crippen LogP contribution in [0.15, 0.2) is 18.3 Å². The minimum atomic E-state index is -4.43. The highest BCUT2D eigenvalue weighted by molar-refractivity contribution is 6.32. The lowest BCUT2D eigenvalue weighted by atomic mass is 9.93. The fraction of sp³-hybridized carbons (Fsp3) is 0.533. The number of amides is 1. The molecule has 0 saturated heterocycles. The molecule has 0 radical (unpaired) electrons. The van der Waals surface area contributed by atoms with E-state index in [0.29, 0.717) is 25.7 Å². The van der Waals surface area contributed by atoms with Gasteiger partial charge in [0.2, 0.25) is 5.88 Å². The minimum Gasteiger partial charge on any atom is -0.474 e. The molecule has 1 fully saturated rings. The molecule has 0 aromatic carbocycles. The summed E-state index contributed by atoms with van der Waals surface area (Å²) in [7, 11) is 1.13. The molecular weight excluding hydrogens is 329 g/mol. The lowest BCUT2D eigenvalue weighted by Crippen LogP contribution is -2.43. The molecule has 0 bridgehead atoms. The molecule has 0 aliphatic heterocycles. The van der Waals surface area contributed by atoms with Gasteiger partial charge in [-0.15, -0.1) is 0 Å². The van der Waals surface area contributed by atoms with Crippen LogP contribution in [0, 0.1) is 0 Å². The maximum absolute atomic E-state index is 12.5. The number of rotatable bonds is 3. The van der Waals surface area contributed by atoms with Crippen LogP contribution in [0.2, 0.25) is 0 Å². The quantitative estimate of drug-likeness (QED) is 0.670. The molecule has 1 aromatic heterocycles. The summed E-state index contributed by atoms with van der Waals surface area (Å²) in [5.74, 6) is -1.60. The number of halogens is 3. The third kappa shape index (κ3) is 4.84. The first kappa shape index (κ1) is 18.0. The average Bonchev–Trinajstić information content (AvgIpc) is 2.55. The number of nitrogens with zero attached hydrogens (tertiary/aromatic N) is 1. The second kappa shape index (κ2) is 7.50. The van der Waals surface area contributed by atoms with Crippen LogP contribution in [0.3, 0.4) is 0 Å². The molecule has 0 unspecified atom stereocenters. The molecule has 1 saturated carbocycles. The first-order valence-corrected chi connectivity index (χ1v) is 7.38. The standard InChI is InChI=1S/C15H17F3N2O4/c1-23-14(22)13(21)20-10-3-5-11(6-4-10)24-12-7-2-9(8-19-12)15(16,17)18/h2,7-8,10-11H,3-6H2,1H3,(H,20,21)/t10-,11-. The van der Waals surface area contributed by atoms with E-state index in [0.717, 1.165) is 19.4 Å². The van der Waals surface area contributed by atoms with Crippen LogP contribution in [0.1, 0.15) is 31.2 Å². The molecule has 0 spiro atoms. The van der Waals surface area contributed by atoms with Crippen molar-refractivity contribution < 1.29 is 32.2 Å². The van der Waals surface area contributed by atoms with E-state index in [1.54, 1.807) is 0 Å². The molecule has 6 nitrogen and oxygen atoms in total. The zero-order chi connectivity index (χ0) is 17.7. The first-order chi connectivity index (χ1) is 11.3. The fourth-order valence-electron chi connectivity index (χ4n) is 2.45. The number of alkyl halides is 3. The Morgan fingerprint density at radius 2 is 1.88 bits per heavy atom. The molecule has 1 aliphatic carbocycles. The Labute approximate surface area is 136 Å². The number of ether oxygens (including phenoxy) is 2. The zero-order valence-corrected chi connectivity index (χ0v) is 12.9. The van der Waals surface area contributed by atoms with Gasteiger partial charge in [0.1, 0.15) is 6.10 Å². The molecule has 1 heterocycles. The van der Waals surface area contributed by atoms with Crippen LogP contribution in [0.4, 0.5) is 13.2 Å². The zero-order valence-electron chi connectivity index (χ0n) is 12.9. The van der Waals surface area contributed by atoms with Gasteiger partial charge in [-0.1, -0.05) is 0 Å². The van der Waals surface area contributed by atoms with Crippen molar-refractivity contribution in [2.75, 3.05) is 7.11 Å². The summed E-state index contributed by atoms with van der Waals surface area (Å²) in [5, 5.41) is 2.57. The summed E-state index contributed by atoms with van der Waals surface area (Å²) in [6.45, 7) is 0. The van der Waals surface area contributed by atoms with Gasteiger partial charge in [-0.3, -0.25) is 4.79 Å². The van der Waals surface area contributed by atoms with Gasteiger partial charge in [0, 0.05) is 18.3 Å². The molecule has 2 rings (SSSR count). The predicted molar refractivity (Wildman–Crippen MR) is 76.1 cm³/mol. The van der Waals surface area contributed by atoms with Gasteiger partial charge >= 0.3 is 18.1 Å². The lowest BCUT2D eigenvalue weighted by Gasteiger charge is -2.28. The number of hydrogen-bond donors (Lipinski definition) is 1. The fourth-order valence-corrected chi connectivity index (χ4v) is 2.45. The Morgan fingerprint density at radius 3 is 2.38 bits per heavy atom. The molecule has 1 aliphatic rings. The summed E-state index contributed by atoms with van der Waals surface area (Å²) in [6.07, 6.45) is -1.52. The van der Waals surface area contributed by atoms with Crippen LogP contribution >= 0.6 is 0 Å². The number of hydrogen-bond acceptors (Lipinski definition) is 5. The SMILES string of the molecule is COC(=O)C(=O)N[C@H]1CC[C@H](Oc2ccc(C(F)(F)F)cn2)CC1. The van der Waals surface area contributed by atoms with Gasteiger partial charge in [0.05, 0.1) is 12.7 Å². The van der Waals surface area contributed by atoms with Gasteiger partial charge in [-0.25, -0.2) is 9.78 Å². The van der Waals surface area contributed by atoms with E-state index < -0.39 is 23.6 Å². The number of methoxy groups -OCH3 is 1. The Hall–Kier alpha value is -2.32. The van der Waals surface area contributed by atoms with Crippen molar-refractivity contribution in [3.63, 3.8) is 0 Å². The normalized spacial score (nSPS) is 21.0.